The standard InChI is InChI=1S/C41H52ClF2N9O4/c1-26(45)33(20-46-12-18-57-6)30-9-10-32(37(44)36(30)43)35-21-47-38(49(35)2)39(54)48-29-7-8-31(34(42)19-29)41(56)51-15-13-50(14-16-51)40(55)28-11-17-53(5,25-28)24-27-22-52(3,4)23-27/h7-10,19-21,27-28H,11-18,22-25H2,1-6H3,(H-2,45,46,48,54,56)/p+2. The quantitative estimate of drug-likeness (QED) is 0.161. The van der Waals surface area contributed by atoms with E-state index in [1.54, 1.807) is 24.0 Å². The number of imidazole rings is 1. The molecule has 3 aliphatic heterocycles. The summed E-state index contributed by atoms with van der Waals surface area (Å²) in [5.74, 6) is -2.28. The first-order valence-corrected chi connectivity index (χ1v) is 19.7. The van der Waals surface area contributed by atoms with E-state index in [1.807, 2.05) is 4.90 Å². The van der Waals surface area contributed by atoms with Crippen LogP contribution in [-0.2, 0) is 16.6 Å². The van der Waals surface area contributed by atoms with Crippen LogP contribution in [0.1, 0.15) is 39.9 Å². The molecule has 3 amide bonds. The number of ether oxygens (including phenoxy) is 1. The van der Waals surface area contributed by atoms with E-state index in [0.29, 0.717) is 50.9 Å². The number of allylic oxidation sites excluding steroid dienone is 2. The summed E-state index contributed by atoms with van der Waals surface area (Å²) in [7, 11) is 9.86. The number of rotatable bonds is 12. The third-order valence-corrected chi connectivity index (χ3v) is 11.8. The van der Waals surface area contributed by atoms with E-state index in [9.17, 15) is 14.4 Å². The van der Waals surface area contributed by atoms with Crippen molar-refractivity contribution in [1.82, 2.24) is 19.4 Å². The summed E-state index contributed by atoms with van der Waals surface area (Å²) in [4.78, 5) is 52.3. The van der Waals surface area contributed by atoms with Crippen molar-refractivity contribution in [2.45, 2.75) is 13.3 Å². The minimum absolute atomic E-state index is 0.0134. The molecule has 3 N–H and O–H groups in total. The number of benzene rings is 2. The highest BCUT2D eigenvalue weighted by atomic mass is 35.5. The molecule has 0 bridgehead atoms. The number of likely N-dealkylation sites (tertiary alicyclic amines) is 2. The lowest BCUT2D eigenvalue weighted by Gasteiger charge is -2.47. The Bertz CT molecular complexity index is 2080. The Morgan fingerprint density at radius 1 is 1.04 bits per heavy atom. The van der Waals surface area contributed by atoms with E-state index in [-0.39, 0.29) is 62.2 Å². The minimum Gasteiger partial charge on any atom is -0.402 e. The summed E-state index contributed by atoms with van der Waals surface area (Å²) in [6.45, 7) is 9.40. The number of hydrogen-bond acceptors (Lipinski definition) is 7. The van der Waals surface area contributed by atoms with Crippen LogP contribution in [0.25, 0.3) is 16.8 Å². The zero-order valence-corrected chi connectivity index (χ0v) is 34.4. The van der Waals surface area contributed by atoms with Gasteiger partial charge < -0.3 is 39.1 Å². The summed E-state index contributed by atoms with van der Waals surface area (Å²) in [5.41, 5.74) is 7.07. The molecule has 3 aliphatic rings. The second kappa shape index (κ2) is 17.0. The smallest absolute Gasteiger partial charge is 0.291 e. The van der Waals surface area contributed by atoms with Gasteiger partial charge in [0.1, 0.15) is 5.92 Å². The predicted molar refractivity (Wildman–Crippen MR) is 217 cm³/mol. The van der Waals surface area contributed by atoms with Gasteiger partial charge in [0.05, 0.1) is 95.4 Å². The number of carbonyl (C=O) groups is 3. The highest BCUT2D eigenvalue weighted by Crippen LogP contribution is 2.32. The van der Waals surface area contributed by atoms with Crippen LogP contribution in [0, 0.1) is 23.5 Å². The zero-order chi connectivity index (χ0) is 41.2. The lowest BCUT2D eigenvalue weighted by molar-refractivity contribution is -0.963. The normalized spacial score (nSPS) is 21.5. The van der Waals surface area contributed by atoms with Crippen LogP contribution in [0.5, 0.6) is 0 Å². The number of methoxy groups -OCH3 is 1. The van der Waals surface area contributed by atoms with Crippen molar-refractivity contribution in [3.05, 3.63) is 75.8 Å². The van der Waals surface area contributed by atoms with Crippen LogP contribution in [-0.4, -0.2) is 153 Å². The van der Waals surface area contributed by atoms with Gasteiger partial charge in [-0.15, -0.1) is 0 Å². The molecule has 3 aromatic rings. The first kappa shape index (κ1) is 41.9. The molecule has 1 aromatic heterocycles. The lowest BCUT2D eigenvalue weighted by Crippen LogP contribution is -2.63. The number of quaternary nitrogens is 2. The predicted octanol–water partition coefficient (Wildman–Crippen LogP) is 4.14. The number of aliphatic imine (C=N–C) groups is 1. The van der Waals surface area contributed by atoms with Gasteiger partial charge >= 0.3 is 0 Å². The number of nitrogens with one attached hydrogen (secondary N) is 1. The maximum absolute atomic E-state index is 15.5. The van der Waals surface area contributed by atoms with Crippen LogP contribution in [0.2, 0.25) is 5.02 Å². The summed E-state index contributed by atoms with van der Waals surface area (Å²) < 4.78 is 39.3. The molecule has 2 aromatic carbocycles. The molecule has 0 spiro atoms. The highest BCUT2D eigenvalue weighted by Gasteiger charge is 2.46. The van der Waals surface area contributed by atoms with E-state index in [4.69, 9.17) is 22.1 Å². The molecule has 0 aliphatic carbocycles. The summed E-state index contributed by atoms with van der Waals surface area (Å²) in [6.07, 6.45) is 3.57. The Hall–Kier alpha value is -4.70. The van der Waals surface area contributed by atoms with Crippen molar-refractivity contribution in [2.24, 2.45) is 29.6 Å². The Morgan fingerprint density at radius 2 is 1.72 bits per heavy atom. The molecule has 3 saturated heterocycles. The van der Waals surface area contributed by atoms with Crippen LogP contribution in [0.4, 0.5) is 14.5 Å². The lowest BCUT2D eigenvalue weighted by atomic mass is 9.96. The fraction of sp³-hybridized carbons (Fsp3) is 0.488. The second-order valence-electron chi connectivity index (χ2n) is 16.6. The Morgan fingerprint density at radius 3 is 2.37 bits per heavy atom. The number of hydrogen-bond donors (Lipinski definition) is 2. The van der Waals surface area contributed by atoms with Gasteiger partial charge in [0.15, 0.2) is 17.5 Å². The number of aromatic nitrogens is 2. The fourth-order valence-corrected chi connectivity index (χ4v) is 8.92. The molecule has 13 nitrogen and oxygen atoms in total. The molecule has 6 rings (SSSR count). The third-order valence-electron chi connectivity index (χ3n) is 11.5. The number of halogens is 3. The Balaban J connectivity index is 1.04. The highest BCUT2D eigenvalue weighted by molar-refractivity contribution is 6.34. The third kappa shape index (κ3) is 9.22. The van der Waals surface area contributed by atoms with Crippen molar-refractivity contribution in [3.63, 3.8) is 0 Å². The van der Waals surface area contributed by atoms with Crippen molar-refractivity contribution in [1.29, 1.82) is 0 Å². The SMILES string of the molecule is COCCN=C/C(=C(/C)N)c1ccc(-c2cnc(C(=O)Nc3ccc(C(=O)N4CCN(C(=O)C5CC[N+](C)(CC6C[N+](C)(C)C6)C5)CC4)c(Cl)c3)n2C)c(F)c1F. The van der Waals surface area contributed by atoms with E-state index in [2.05, 4.69) is 36.4 Å². The van der Waals surface area contributed by atoms with E-state index in [0.717, 1.165) is 35.0 Å². The average molecular weight is 810 g/mol. The number of piperazine rings is 1. The van der Waals surface area contributed by atoms with Gasteiger partial charge in [0.25, 0.3) is 11.8 Å². The molecule has 0 radical (unpaired) electrons. The second-order valence-corrected chi connectivity index (χ2v) is 17.0. The molecule has 2 unspecified atom stereocenters. The zero-order valence-electron chi connectivity index (χ0n) is 33.7. The maximum atomic E-state index is 15.5. The molecule has 0 saturated carbocycles. The van der Waals surface area contributed by atoms with Gasteiger partial charge in [-0.1, -0.05) is 17.7 Å². The molecule has 57 heavy (non-hydrogen) atoms. The van der Waals surface area contributed by atoms with Gasteiger partial charge in [0.2, 0.25) is 5.91 Å². The Labute approximate surface area is 337 Å². The van der Waals surface area contributed by atoms with Crippen molar-refractivity contribution in [3.8, 4) is 11.3 Å². The van der Waals surface area contributed by atoms with Gasteiger partial charge in [-0.25, -0.2) is 13.8 Å². The van der Waals surface area contributed by atoms with Gasteiger partial charge in [0, 0.05) is 81.1 Å². The van der Waals surface area contributed by atoms with Crippen LogP contribution >= 0.6 is 11.6 Å². The topological polar surface area (TPSA) is 135 Å². The van der Waals surface area contributed by atoms with Gasteiger partial charge in [-0.2, -0.15) is 0 Å². The average Bonchev–Trinajstić information content (AvgIpc) is 3.74. The molecular formula is C41H54ClF2N9O4+2. The summed E-state index contributed by atoms with van der Waals surface area (Å²) >= 11 is 6.59. The first-order valence-electron chi connectivity index (χ1n) is 19.3. The molecule has 16 heteroatoms. The number of anilines is 1. The molecule has 2 atom stereocenters. The number of carbonyl (C=O) groups excluding carboxylic acids is 3. The van der Waals surface area contributed by atoms with E-state index < -0.39 is 17.5 Å². The molecular weight excluding hydrogens is 756 g/mol. The first-order chi connectivity index (χ1) is 27.0. The largest absolute Gasteiger partial charge is 0.402 e. The van der Waals surface area contributed by atoms with Crippen molar-refractivity contribution < 1.29 is 36.9 Å². The van der Waals surface area contributed by atoms with Crippen LogP contribution in [0.15, 0.2) is 47.2 Å². The number of nitrogens with two attached hydrogens (primary N) is 1. The summed E-state index contributed by atoms with van der Waals surface area (Å²) in [6, 6.07) is 7.39. The van der Waals surface area contributed by atoms with Gasteiger partial charge in [-0.05, 0) is 31.2 Å². The molecule has 306 valence electrons. The van der Waals surface area contributed by atoms with Gasteiger partial charge in [-0.3, -0.25) is 19.4 Å². The Kier molecular flexibility index (Phi) is 12.5. The van der Waals surface area contributed by atoms with Crippen molar-refractivity contribution in [2.75, 3.05) is 106 Å². The molecule has 3 fully saturated rings. The number of nitrogens with zero attached hydrogens (tertiary/aromatic N) is 7. The van der Waals surface area contributed by atoms with Crippen LogP contribution < -0.4 is 11.1 Å². The van der Waals surface area contributed by atoms with E-state index >= 15 is 8.78 Å². The number of amides is 3. The maximum Gasteiger partial charge on any atom is 0.291 e. The minimum atomic E-state index is -1.13. The van der Waals surface area contributed by atoms with Crippen molar-refractivity contribution >= 4 is 46.8 Å². The van der Waals surface area contributed by atoms with Crippen LogP contribution in [0.3, 0.4) is 0 Å². The van der Waals surface area contributed by atoms with E-state index in [1.165, 1.54) is 62.4 Å². The monoisotopic (exact) mass is 809 g/mol. The molecule has 4 heterocycles. The summed E-state index contributed by atoms with van der Waals surface area (Å²) in [5, 5.41) is 2.87. The fourth-order valence-electron chi connectivity index (χ4n) is 8.65.